The average molecular weight is 385 g/mol. The summed E-state index contributed by atoms with van der Waals surface area (Å²) in [6.45, 7) is 4.71. The van der Waals surface area contributed by atoms with Crippen LogP contribution in [-0.2, 0) is 11.3 Å². The van der Waals surface area contributed by atoms with E-state index in [1.54, 1.807) is 20.4 Å². The molecular formula is C24H23N3O2. The maximum absolute atomic E-state index is 5.41. The number of nitrogens with one attached hydrogen (secondary N) is 1. The molecule has 0 atom stereocenters. The fraction of sp³-hybridized carbons (Fsp3) is 0.125. The van der Waals surface area contributed by atoms with Gasteiger partial charge in [0.15, 0.2) is 0 Å². The summed E-state index contributed by atoms with van der Waals surface area (Å²) in [5.74, 6) is 1.44. The fourth-order valence-corrected chi connectivity index (χ4v) is 3.36. The molecule has 0 aliphatic carbocycles. The van der Waals surface area contributed by atoms with Crippen LogP contribution in [0, 0.1) is 0 Å². The smallest absolute Gasteiger partial charge is 0.137 e. The van der Waals surface area contributed by atoms with Gasteiger partial charge in [0, 0.05) is 18.9 Å². The maximum atomic E-state index is 5.41. The molecule has 4 rings (SSSR count). The third-order valence-corrected chi connectivity index (χ3v) is 4.91. The van der Waals surface area contributed by atoms with Crippen molar-refractivity contribution in [2.24, 2.45) is 0 Å². The van der Waals surface area contributed by atoms with Crippen molar-refractivity contribution in [3.8, 4) is 16.9 Å². The number of fused-ring (bicyclic) bond motifs is 1. The zero-order chi connectivity index (χ0) is 20.2. The van der Waals surface area contributed by atoms with Crippen LogP contribution in [0.4, 0.5) is 5.69 Å². The minimum Gasteiger partial charge on any atom is -0.497 e. The molecule has 0 radical (unpaired) electrons. The first-order valence-corrected chi connectivity index (χ1v) is 9.36. The van der Waals surface area contributed by atoms with Crippen molar-refractivity contribution in [1.82, 2.24) is 9.38 Å². The largest absolute Gasteiger partial charge is 0.497 e. The third-order valence-electron chi connectivity index (χ3n) is 4.91. The Morgan fingerprint density at radius 2 is 1.86 bits per heavy atom. The van der Waals surface area contributed by atoms with E-state index in [1.807, 2.05) is 34.9 Å². The van der Waals surface area contributed by atoms with Crippen LogP contribution in [0.2, 0.25) is 0 Å². The van der Waals surface area contributed by atoms with E-state index in [0.717, 1.165) is 28.3 Å². The van der Waals surface area contributed by atoms with Crippen molar-refractivity contribution in [3.05, 3.63) is 90.9 Å². The van der Waals surface area contributed by atoms with Crippen LogP contribution < -0.4 is 10.1 Å². The average Bonchev–Trinajstić information content (AvgIpc) is 3.26. The number of hydrogen-bond acceptors (Lipinski definition) is 4. The number of pyridine rings is 1. The van der Waals surface area contributed by atoms with E-state index in [4.69, 9.17) is 9.47 Å². The first-order valence-electron chi connectivity index (χ1n) is 9.36. The predicted molar refractivity (Wildman–Crippen MR) is 117 cm³/mol. The van der Waals surface area contributed by atoms with Gasteiger partial charge in [0.1, 0.15) is 22.8 Å². The first kappa shape index (κ1) is 18.6. The molecule has 0 saturated carbocycles. The number of benzene rings is 2. The maximum Gasteiger partial charge on any atom is 0.137 e. The molecule has 0 spiro atoms. The summed E-state index contributed by atoms with van der Waals surface area (Å²) < 4.78 is 12.6. The van der Waals surface area contributed by atoms with Crippen LogP contribution in [0.5, 0.6) is 5.75 Å². The lowest BCUT2D eigenvalue weighted by molar-refractivity contribution is 0.369. The number of hydrogen-bond donors (Lipinski definition) is 1. The van der Waals surface area contributed by atoms with E-state index in [2.05, 4.69) is 53.3 Å². The Morgan fingerprint density at radius 1 is 1.03 bits per heavy atom. The van der Waals surface area contributed by atoms with Crippen LogP contribution in [0.1, 0.15) is 11.3 Å². The summed E-state index contributed by atoms with van der Waals surface area (Å²) in [6, 6.07) is 20.6. The highest BCUT2D eigenvalue weighted by atomic mass is 16.5. The van der Waals surface area contributed by atoms with E-state index in [0.29, 0.717) is 12.3 Å². The molecule has 0 saturated heterocycles. The van der Waals surface area contributed by atoms with Crippen LogP contribution >= 0.6 is 0 Å². The summed E-state index contributed by atoms with van der Waals surface area (Å²) in [5.41, 5.74) is 6.16. The molecular weight excluding hydrogens is 362 g/mol. The molecule has 1 N–H and O–H groups in total. The van der Waals surface area contributed by atoms with Crippen molar-refractivity contribution < 1.29 is 9.47 Å². The Bertz CT molecular complexity index is 1150. The fourth-order valence-electron chi connectivity index (χ4n) is 3.36. The van der Waals surface area contributed by atoms with Gasteiger partial charge in [-0.05, 0) is 47.0 Å². The summed E-state index contributed by atoms with van der Waals surface area (Å²) >= 11 is 0. The molecule has 0 aliphatic rings. The number of ether oxygens (including phenoxy) is 2. The van der Waals surface area contributed by atoms with Crippen molar-refractivity contribution in [2.75, 3.05) is 19.5 Å². The second-order valence-electron chi connectivity index (χ2n) is 6.66. The van der Waals surface area contributed by atoms with E-state index in [9.17, 15) is 0 Å². The van der Waals surface area contributed by atoms with E-state index >= 15 is 0 Å². The summed E-state index contributed by atoms with van der Waals surface area (Å²) in [4.78, 5) is 4.34. The van der Waals surface area contributed by atoms with Gasteiger partial charge in [-0.1, -0.05) is 36.9 Å². The molecule has 146 valence electrons. The second kappa shape index (κ2) is 8.10. The summed E-state index contributed by atoms with van der Waals surface area (Å²) in [7, 11) is 3.30. The Labute approximate surface area is 170 Å². The van der Waals surface area contributed by atoms with E-state index < -0.39 is 0 Å². The molecule has 4 aromatic rings. The van der Waals surface area contributed by atoms with Gasteiger partial charge in [-0.2, -0.15) is 0 Å². The lowest BCUT2D eigenvalue weighted by Gasteiger charge is -2.15. The number of rotatable bonds is 7. The van der Waals surface area contributed by atoms with Gasteiger partial charge in [-0.3, -0.25) is 4.40 Å². The SMILES string of the molecule is C=C(OC)c1c(NCc2cccc(-c3ccc(OC)cc3)c2)ccc2nccn12. The van der Waals surface area contributed by atoms with Crippen molar-refractivity contribution in [1.29, 1.82) is 0 Å². The molecule has 29 heavy (non-hydrogen) atoms. The third kappa shape index (κ3) is 3.80. The Morgan fingerprint density at radius 3 is 2.62 bits per heavy atom. The van der Waals surface area contributed by atoms with Gasteiger partial charge in [0.05, 0.1) is 19.9 Å². The van der Waals surface area contributed by atoms with E-state index in [1.165, 1.54) is 11.1 Å². The standard InChI is InChI=1S/C24H23N3O2/c1-17(28-2)24-22(11-12-23-25-13-14-27(23)24)26-16-18-5-4-6-20(15-18)19-7-9-21(29-3)10-8-19/h4-15,26H,1,16H2,2-3H3. The van der Waals surface area contributed by atoms with Crippen molar-refractivity contribution >= 4 is 17.1 Å². The van der Waals surface area contributed by atoms with Gasteiger partial charge in [-0.15, -0.1) is 0 Å². The van der Waals surface area contributed by atoms with Crippen LogP contribution in [0.15, 0.2) is 79.6 Å². The highest BCUT2D eigenvalue weighted by Gasteiger charge is 2.12. The highest BCUT2D eigenvalue weighted by Crippen LogP contribution is 2.27. The molecule has 0 bridgehead atoms. The number of nitrogens with zero attached hydrogens (tertiary/aromatic N) is 2. The predicted octanol–water partition coefficient (Wildman–Crippen LogP) is 5.24. The lowest BCUT2D eigenvalue weighted by atomic mass is 10.0. The molecule has 0 amide bonds. The van der Waals surface area contributed by atoms with Crippen LogP contribution in [0.25, 0.3) is 22.5 Å². The zero-order valence-electron chi connectivity index (χ0n) is 16.6. The molecule has 0 aliphatic heterocycles. The topological polar surface area (TPSA) is 47.8 Å². The van der Waals surface area contributed by atoms with E-state index in [-0.39, 0.29) is 0 Å². The Hall–Kier alpha value is -3.73. The number of imidazole rings is 1. The number of anilines is 1. The van der Waals surface area contributed by atoms with Crippen molar-refractivity contribution in [3.63, 3.8) is 0 Å². The molecule has 2 aromatic heterocycles. The molecule has 2 heterocycles. The normalized spacial score (nSPS) is 10.7. The summed E-state index contributed by atoms with van der Waals surface area (Å²) in [6.07, 6.45) is 3.67. The number of methoxy groups -OCH3 is 2. The van der Waals surface area contributed by atoms with Gasteiger partial charge in [0.25, 0.3) is 0 Å². The Kier molecular flexibility index (Phi) is 5.20. The molecule has 0 fully saturated rings. The lowest BCUT2D eigenvalue weighted by Crippen LogP contribution is -2.06. The van der Waals surface area contributed by atoms with Gasteiger partial charge in [0.2, 0.25) is 0 Å². The molecule has 2 aromatic carbocycles. The van der Waals surface area contributed by atoms with Crippen LogP contribution in [0.3, 0.4) is 0 Å². The molecule has 0 unspecified atom stereocenters. The quantitative estimate of drug-likeness (QED) is 0.442. The highest BCUT2D eigenvalue weighted by molar-refractivity contribution is 5.72. The van der Waals surface area contributed by atoms with Gasteiger partial charge < -0.3 is 14.8 Å². The van der Waals surface area contributed by atoms with Crippen LogP contribution in [-0.4, -0.2) is 23.6 Å². The number of aromatic nitrogens is 2. The molecule has 5 heteroatoms. The first-order chi connectivity index (χ1) is 14.2. The minimum atomic E-state index is 0.586. The van der Waals surface area contributed by atoms with Gasteiger partial charge in [-0.25, -0.2) is 4.98 Å². The zero-order valence-corrected chi connectivity index (χ0v) is 16.6. The van der Waals surface area contributed by atoms with Gasteiger partial charge >= 0.3 is 0 Å². The monoisotopic (exact) mass is 385 g/mol. The summed E-state index contributed by atoms with van der Waals surface area (Å²) in [5, 5.41) is 3.51. The molecule has 5 nitrogen and oxygen atoms in total. The van der Waals surface area contributed by atoms with Crippen molar-refractivity contribution in [2.45, 2.75) is 6.54 Å². The Balaban J connectivity index is 1.59. The second-order valence-corrected chi connectivity index (χ2v) is 6.66. The minimum absolute atomic E-state index is 0.586.